The Labute approximate surface area is 327 Å². The molecule has 3 amide bonds. The molecule has 0 heterocycles. The first-order valence-corrected chi connectivity index (χ1v) is 21.4. The molecular weight excluding hydrogens is 723 g/mol. The van der Waals surface area contributed by atoms with Crippen molar-refractivity contribution in [3.8, 4) is 11.1 Å². The van der Waals surface area contributed by atoms with Gasteiger partial charge < -0.3 is 49.9 Å². The van der Waals surface area contributed by atoms with Crippen LogP contribution in [0.1, 0.15) is 77.8 Å². The van der Waals surface area contributed by atoms with Crippen molar-refractivity contribution in [1.29, 1.82) is 0 Å². The van der Waals surface area contributed by atoms with Crippen LogP contribution in [0.5, 0.6) is 0 Å². The second-order valence-electron chi connectivity index (χ2n) is 15.3. The molecule has 306 valence electrons. The van der Waals surface area contributed by atoms with Gasteiger partial charge in [0.25, 0.3) is 0 Å². The minimum atomic E-state index is -2.34. The molecule has 0 saturated carbocycles. The maximum absolute atomic E-state index is 12.9. The highest BCUT2D eigenvalue weighted by Gasteiger charge is 2.46. The Kier molecular flexibility index (Phi) is 17.8. The summed E-state index contributed by atoms with van der Waals surface area (Å²) in [6, 6.07) is 14.4. The highest BCUT2D eigenvalue weighted by Crippen LogP contribution is 2.45. The lowest BCUT2D eigenvalue weighted by Gasteiger charge is -2.43. The second kappa shape index (κ2) is 21.5. The first kappa shape index (κ1) is 45.6. The van der Waals surface area contributed by atoms with E-state index in [2.05, 4.69) is 58.8 Å². The number of esters is 1. The molecule has 0 bridgehead atoms. The van der Waals surface area contributed by atoms with E-state index in [-0.39, 0.29) is 61.9 Å². The number of unbranched alkanes of at least 4 members (excludes halogenated alkanes) is 1. The largest absolute Gasteiger partial charge is 0.460 e. The van der Waals surface area contributed by atoms with Crippen LogP contribution in [0.4, 0.5) is 9.59 Å². The molecule has 0 aromatic heterocycles. The predicted molar refractivity (Wildman–Crippen MR) is 214 cm³/mol. The third kappa shape index (κ3) is 11.9. The van der Waals surface area contributed by atoms with Crippen LogP contribution < -0.4 is 10.6 Å². The second-order valence-corrected chi connectivity index (χ2v) is 20.8. The summed E-state index contributed by atoms with van der Waals surface area (Å²) in [6.45, 7) is 15.9. The van der Waals surface area contributed by atoms with E-state index in [9.17, 15) is 34.8 Å². The zero-order valence-corrected chi connectivity index (χ0v) is 34.4. The van der Waals surface area contributed by atoms with E-state index in [4.69, 9.17) is 13.9 Å². The normalized spacial score (nSPS) is 15.5. The van der Waals surface area contributed by atoms with Gasteiger partial charge in [0.2, 0.25) is 0 Å². The lowest BCUT2D eigenvalue weighted by Crippen LogP contribution is -2.53. The SMILES string of the molecule is C=CCOC(=O)[C@H](CCCCNC(=O)N(C)C[C@H](O)[C@@H](O)[C@H](O)[C@H](O)CO[Si](C(C)C)(C(C)C)C(C)C)NC(=O)OCC1c2ccccc2-c2ccccc21. The third-order valence-electron chi connectivity index (χ3n) is 10.6. The Morgan fingerprint density at radius 1 is 0.836 bits per heavy atom. The number of aliphatic hydroxyl groups is 4. The van der Waals surface area contributed by atoms with Crippen molar-refractivity contribution in [1.82, 2.24) is 15.5 Å². The number of fused-ring (bicyclic) bond motifs is 3. The molecule has 6 N–H and O–H groups in total. The fourth-order valence-electron chi connectivity index (χ4n) is 7.83. The van der Waals surface area contributed by atoms with Crippen LogP contribution in [0.3, 0.4) is 0 Å². The molecular formula is C41H63N3O10Si. The molecule has 0 saturated heterocycles. The van der Waals surface area contributed by atoms with Crippen molar-refractivity contribution in [2.45, 2.75) is 114 Å². The molecule has 0 fully saturated rings. The monoisotopic (exact) mass is 785 g/mol. The third-order valence-corrected chi connectivity index (χ3v) is 16.7. The summed E-state index contributed by atoms with van der Waals surface area (Å²) in [4.78, 5) is 39.6. The number of benzene rings is 2. The molecule has 1 aliphatic rings. The van der Waals surface area contributed by atoms with Crippen molar-refractivity contribution in [2.75, 3.05) is 40.0 Å². The maximum atomic E-state index is 12.9. The van der Waals surface area contributed by atoms with Gasteiger partial charge in [-0.15, -0.1) is 0 Å². The summed E-state index contributed by atoms with van der Waals surface area (Å²) in [5.41, 5.74) is 5.10. The number of hydrogen-bond donors (Lipinski definition) is 6. The first-order valence-electron chi connectivity index (χ1n) is 19.3. The van der Waals surface area contributed by atoms with Crippen LogP contribution >= 0.6 is 0 Å². The van der Waals surface area contributed by atoms with Gasteiger partial charge in [-0.2, -0.15) is 0 Å². The highest BCUT2D eigenvalue weighted by molar-refractivity contribution is 6.77. The molecule has 55 heavy (non-hydrogen) atoms. The number of carbonyl (C=O) groups excluding carboxylic acids is 3. The fraction of sp³-hybridized carbons (Fsp3) is 0.585. The number of urea groups is 1. The Morgan fingerprint density at radius 3 is 1.93 bits per heavy atom. The van der Waals surface area contributed by atoms with E-state index in [1.807, 2.05) is 48.5 Å². The van der Waals surface area contributed by atoms with Crippen LogP contribution in [0.15, 0.2) is 61.2 Å². The lowest BCUT2D eigenvalue weighted by atomic mass is 9.98. The van der Waals surface area contributed by atoms with Gasteiger partial charge in [0.15, 0.2) is 8.32 Å². The van der Waals surface area contributed by atoms with Gasteiger partial charge in [-0.05, 0) is 58.1 Å². The molecule has 5 atom stereocenters. The molecule has 3 rings (SSSR count). The number of nitrogens with zero attached hydrogens (tertiary/aromatic N) is 1. The van der Waals surface area contributed by atoms with E-state index in [1.54, 1.807) is 0 Å². The Bertz CT molecular complexity index is 1490. The number of ether oxygens (including phenoxy) is 2. The summed E-state index contributed by atoms with van der Waals surface area (Å²) in [5, 5.41) is 47.9. The predicted octanol–water partition coefficient (Wildman–Crippen LogP) is 5.07. The molecule has 14 heteroatoms. The van der Waals surface area contributed by atoms with Crippen molar-refractivity contribution >= 4 is 26.4 Å². The maximum Gasteiger partial charge on any atom is 0.407 e. The summed E-state index contributed by atoms with van der Waals surface area (Å²) in [7, 11) is -0.913. The molecule has 0 radical (unpaired) electrons. The van der Waals surface area contributed by atoms with Gasteiger partial charge in [-0.1, -0.05) is 103 Å². The standard InChI is InChI=1S/C41H63N3O10Si/c1-9-22-52-39(49)34(43-41(51)53-24-33-31-18-12-10-16-29(31)30-17-11-13-19-32(30)33)20-14-15-21-42-40(50)44(8)23-35(45)37(47)38(48)36(46)25-54-55(26(2)3,27(4)5)28(6)7/h9-13,16-19,26-28,33-38,45-48H,1,14-15,20-25H2,2-8H3,(H,42,50)(H,43,51)/t34-,35-,36+,37+,38+/m0/s1. The van der Waals surface area contributed by atoms with Crippen molar-refractivity contribution in [2.24, 2.45) is 0 Å². The number of carbonyl (C=O) groups is 3. The quantitative estimate of drug-likeness (QED) is 0.0408. The van der Waals surface area contributed by atoms with Gasteiger partial charge in [0, 0.05) is 19.5 Å². The number of aliphatic hydroxyl groups excluding tert-OH is 4. The average molecular weight is 786 g/mol. The van der Waals surface area contributed by atoms with Crippen LogP contribution in [0.2, 0.25) is 16.6 Å². The summed E-state index contributed by atoms with van der Waals surface area (Å²) in [6.07, 6.45) is -4.64. The van der Waals surface area contributed by atoms with Gasteiger partial charge in [-0.3, -0.25) is 0 Å². The van der Waals surface area contributed by atoms with Gasteiger partial charge in [0.05, 0.1) is 13.2 Å². The number of likely N-dealkylation sites (N-methyl/N-ethyl adjacent to an activating group) is 1. The van der Waals surface area contributed by atoms with E-state index in [0.29, 0.717) is 12.8 Å². The highest BCUT2D eigenvalue weighted by atomic mass is 28.4. The number of nitrogens with one attached hydrogen (secondary N) is 2. The van der Waals surface area contributed by atoms with Crippen LogP contribution in [-0.2, 0) is 18.7 Å². The molecule has 13 nitrogen and oxygen atoms in total. The molecule has 2 aromatic carbocycles. The minimum Gasteiger partial charge on any atom is -0.460 e. The van der Waals surface area contributed by atoms with E-state index in [1.165, 1.54) is 13.1 Å². The molecule has 0 unspecified atom stereocenters. The molecule has 0 aliphatic heterocycles. The van der Waals surface area contributed by atoms with Crippen LogP contribution in [0, 0.1) is 0 Å². The fourth-order valence-corrected chi connectivity index (χ4v) is 13.3. The van der Waals surface area contributed by atoms with Crippen LogP contribution in [0.25, 0.3) is 11.1 Å². The Morgan fingerprint density at radius 2 is 1.38 bits per heavy atom. The Balaban J connectivity index is 1.45. The van der Waals surface area contributed by atoms with E-state index in [0.717, 1.165) is 27.2 Å². The van der Waals surface area contributed by atoms with E-state index < -0.39 is 56.9 Å². The number of amides is 3. The average Bonchev–Trinajstić information content (AvgIpc) is 3.47. The van der Waals surface area contributed by atoms with Gasteiger partial charge >= 0.3 is 18.1 Å². The first-order chi connectivity index (χ1) is 26.1. The molecule has 2 aromatic rings. The minimum absolute atomic E-state index is 0.0228. The van der Waals surface area contributed by atoms with Crippen molar-refractivity contribution < 1.29 is 48.7 Å². The summed E-state index contributed by atoms with van der Waals surface area (Å²) in [5.74, 6) is -0.775. The smallest absolute Gasteiger partial charge is 0.407 e. The lowest BCUT2D eigenvalue weighted by molar-refractivity contribution is -0.145. The number of rotatable bonds is 22. The van der Waals surface area contributed by atoms with E-state index >= 15 is 0 Å². The zero-order chi connectivity index (χ0) is 40.9. The summed E-state index contributed by atoms with van der Waals surface area (Å²) < 4.78 is 17.2. The number of hydrogen-bond acceptors (Lipinski definition) is 10. The zero-order valence-electron chi connectivity index (χ0n) is 33.4. The molecule has 1 aliphatic carbocycles. The van der Waals surface area contributed by atoms with Crippen LogP contribution in [-0.4, -0.2) is 122 Å². The van der Waals surface area contributed by atoms with Gasteiger partial charge in [-0.25, -0.2) is 14.4 Å². The molecule has 0 spiro atoms. The number of alkyl carbamates (subject to hydrolysis) is 1. The summed E-state index contributed by atoms with van der Waals surface area (Å²) >= 11 is 0. The topological polar surface area (TPSA) is 187 Å². The Hall–Kier alpha value is -3.79. The van der Waals surface area contributed by atoms with Crippen molar-refractivity contribution in [3.05, 3.63) is 72.3 Å². The van der Waals surface area contributed by atoms with Gasteiger partial charge in [0.1, 0.15) is 43.7 Å². The van der Waals surface area contributed by atoms with Crippen molar-refractivity contribution in [3.63, 3.8) is 0 Å².